The second-order valence-electron chi connectivity index (χ2n) is 5.52. The maximum atomic E-state index is 12.5. The molecule has 26 heavy (non-hydrogen) atoms. The fourth-order valence-electron chi connectivity index (χ4n) is 2.21. The molecule has 0 saturated carbocycles. The van der Waals surface area contributed by atoms with Crippen LogP contribution in [0.3, 0.4) is 0 Å². The van der Waals surface area contributed by atoms with Crippen molar-refractivity contribution in [3.8, 4) is 11.8 Å². The van der Waals surface area contributed by atoms with Gasteiger partial charge in [0.2, 0.25) is 15.9 Å². The van der Waals surface area contributed by atoms with Crippen molar-refractivity contribution in [1.29, 1.82) is 5.26 Å². The lowest BCUT2D eigenvalue weighted by Gasteiger charge is -2.17. The second-order valence-corrected chi connectivity index (χ2v) is 7.56. The standard InChI is InChI=1S/C18H19N3O4S/c1-21(26(23,24)17-9-7-16(25-2)8-10-17)13-18(22)20-15-5-3-14(4-6-15)11-12-19/h3-10H,11,13H2,1-2H3,(H,20,22). The molecule has 2 rings (SSSR count). The predicted molar refractivity (Wildman–Crippen MR) is 97.2 cm³/mol. The number of nitriles is 1. The molecule has 2 aromatic carbocycles. The van der Waals surface area contributed by atoms with Crippen LogP contribution in [-0.2, 0) is 21.2 Å². The fourth-order valence-corrected chi connectivity index (χ4v) is 3.34. The maximum absolute atomic E-state index is 12.5. The van der Waals surface area contributed by atoms with Gasteiger partial charge in [-0.15, -0.1) is 0 Å². The van der Waals surface area contributed by atoms with Gasteiger partial charge in [0.25, 0.3) is 0 Å². The monoisotopic (exact) mass is 373 g/mol. The van der Waals surface area contributed by atoms with Crippen molar-refractivity contribution in [2.75, 3.05) is 26.0 Å². The molecule has 0 aromatic heterocycles. The quantitative estimate of drug-likeness (QED) is 0.800. The Morgan fingerprint density at radius 2 is 1.77 bits per heavy atom. The van der Waals surface area contributed by atoms with Crippen LogP contribution in [0.25, 0.3) is 0 Å². The van der Waals surface area contributed by atoms with Gasteiger partial charge in [-0.05, 0) is 42.0 Å². The minimum atomic E-state index is -3.78. The molecule has 0 aliphatic carbocycles. The average Bonchev–Trinajstić information content (AvgIpc) is 2.63. The van der Waals surface area contributed by atoms with Crippen molar-refractivity contribution in [1.82, 2.24) is 4.31 Å². The Labute approximate surface area is 152 Å². The first kappa shape index (κ1) is 19.4. The topological polar surface area (TPSA) is 99.5 Å². The molecular weight excluding hydrogens is 354 g/mol. The number of carbonyl (C=O) groups excluding carboxylic acids is 1. The first-order valence-corrected chi connectivity index (χ1v) is 9.17. The number of hydrogen-bond acceptors (Lipinski definition) is 5. The van der Waals surface area contributed by atoms with Crippen LogP contribution in [0, 0.1) is 11.3 Å². The van der Waals surface area contributed by atoms with E-state index in [0.717, 1.165) is 9.87 Å². The summed E-state index contributed by atoms with van der Waals surface area (Å²) < 4.78 is 31.0. The van der Waals surface area contributed by atoms with Crippen LogP contribution in [0.15, 0.2) is 53.4 Å². The highest BCUT2D eigenvalue weighted by Crippen LogP contribution is 2.18. The molecule has 1 amide bonds. The Bertz CT molecular complexity index is 901. The summed E-state index contributed by atoms with van der Waals surface area (Å²) >= 11 is 0. The van der Waals surface area contributed by atoms with E-state index in [2.05, 4.69) is 5.32 Å². The summed E-state index contributed by atoms with van der Waals surface area (Å²) in [6.45, 7) is -0.325. The van der Waals surface area contributed by atoms with Crippen molar-refractivity contribution in [3.05, 3.63) is 54.1 Å². The molecule has 7 nitrogen and oxygen atoms in total. The average molecular weight is 373 g/mol. The van der Waals surface area contributed by atoms with Crippen LogP contribution >= 0.6 is 0 Å². The Balaban J connectivity index is 2.01. The molecule has 1 N–H and O–H groups in total. The minimum Gasteiger partial charge on any atom is -0.497 e. The van der Waals surface area contributed by atoms with Gasteiger partial charge in [0.1, 0.15) is 5.75 Å². The zero-order valence-electron chi connectivity index (χ0n) is 14.5. The lowest BCUT2D eigenvalue weighted by molar-refractivity contribution is -0.116. The minimum absolute atomic E-state index is 0.0782. The number of nitrogens with zero attached hydrogens (tertiary/aromatic N) is 2. The molecule has 0 fully saturated rings. The first-order valence-electron chi connectivity index (χ1n) is 7.73. The van der Waals surface area contributed by atoms with E-state index in [-0.39, 0.29) is 17.9 Å². The third-order valence-corrected chi connectivity index (χ3v) is 5.47. The number of nitrogens with one attached hydrogen (secondary N) is 1. The van der Waals surface area contributed by atoms with E-state index in [9.17, 15) is 13.2 Å². The lowest BCUT2D eigenvalue weighted by Crippen LogP contribution is -2.34. The summed E-state index contributed by atoms with van der Waals surface area (Å²) in [5.41, 5.74) is 1.37. The van der Waals surface area contributed by atoms with Gasteiger partial charge in [-0.2, -0.15) is 9.57 Å². The number of anilines is 1. The summed E-state index contributed by atoms with van der Waals surface area (Å²) in [5, 5.41) is 11.3. The molecule has 0 saturated heterocycles. The van der Waals surface area contributed by atoms with Gasteiger partial charge in [0, 0.05) is 12.7 Å². The Morgan fingerprint density at radius 1 is 1.15 bits per heavy atom. The van der Waals surface area contributed by atoms with Gasteiger partial charge in [0.15, 0.2) is 0 Å². The van der Waals surface area contributed by atoms with E-state index in [1.807, 2.05) is 6.07 Å². The highest BCUT2D eigenvalue weighted by atomic mass is 32.2. The molecule has 0 atom stereocenters. The normalized spacial score (nSPS) is 11.0. The summed E-state index contributed by atoms with van der Waals surface area (Å²) in [4.78, 5) is 12.2. The van der Waals surface area contributed by atoms with E-state index in [0.29, 0.717) is 11.4 Å². The Kier molecular flexibility index (Phi) is 6.33. The summed E-state index contributed by atoms with van der Waals surface area (Å²) in [6, 6.07) is 14.8. The lowest BCUT2D eigenvalue weighted by atomic mass is 10.1. The molecule has 0 bridgehead atoms. The van der Waals surface area contributed by atoms with Gasteiger partial charge < -0.3 is 10.1 Å². The van der Waals surface area contributed by atoms with E-state index in [4.69, 9.17) is 10.00 Å². The summed E-state index contributed by atoms with van der Waals surface area (Å²) in [6.07, 6.45) is 0.289. The highest BCUT2D eigenvalue weighted by molar-refractivity contribution is 7.89. The molecule has 2 aromatic rings. The number of carbonyl (C=O) groups is 1. The SMILES string of the molecule is COc1ccc(S(=O)(=O)N(C)CC(=O)Nc2ccc(CC#N)cc2)cc1. The van der Waals surface area contributed by atoms with Crippen molar-refractivity contribution >= 4 is 21.6 Å². The molecular formula is C18H19N3O4S. The van der Waals surface area contributed by atoms with Crippen LogP contribution in [0.4, 0.5) is 5.69 Å². The number of hydrogen-bond donors (Lipinski definition) is 1. The smallest absolute Gasteiger partial charge is 0.243 e. The van der Waals surface area contributed by atoms with E-state index < -0.39 is 15.9 Å². The number of amides is 1. The third-order valence-electron chi connectivity index (χ3n) is 3.65. The van der Waals surface area contributed by atoms with Crippen LogP contribution in [0.2, 0.25) is 0 Å². The number of ether oxygens (including phenoxy) is 1. The van der Waals surface area contributed by atoms with Crippen molar-refractivity contribution < 1.29 is 17.9 Å². The van der Waals surface area contributed by atoms with Gasteiger partial charge >= 0.3 is 0 Å². The van der Waals surface area contributed by atoms with Crippen LogP contribution < -0.4 is 10.1 Å². The highest BCUT2D eigenvalue weighted by Gasteiger charge is 2.23. The number of methoxy groups -OCH3 is 1. The fraction of sp³-hybridized carbons (Fsp3) is 0.222. The molecule has 0 radical (unpaired) electrons. The maximum Gasteiger partial charge on any atom is 0.243 e. The number of rotatable bonds is 7. The van der Waals surface area contributed by atoms with Gasteiger partial charge in [-0.1, -0.05) is 12.1 Å². The van der Waals surface area contributed by atoms with E-state index in [1.165, 1.54) is 26.3 Å². The Morgan fingerprint density at radius 3 is 2.31 bits per heavy atom. The molecule has 0 aliphatic heterocycles. The van der Waals surface area contributed by atoms with Crippen LogP contribution in [-0.4, -0.2) is 39.3 Å². The summed E-state index contributed by atoms with van der Waals surface area (Å²) in [5.74, 6) is 0.0850. The van der Waals surface area contributed by atoms with Crippen molar-refractivity contribution in [2.24, 2.45) is 0 Å². The summed E-state index contributed by atoms with van der Waals surface area (Å²) in [7, 11) is -0.949. The van der Waals surface area contributed by atoms with E-state index >= 15 is 0 Å². The van der Waals surface area contributed by atoms with E-state index in [1.54, 1.807) is 36.4 Å². The Hall–Kier alpha value is -2.89. The van der Waals surface area contributed by atoms with Crippen LogP contribution in [0.1, 0.15) is 5.56 Å². The zero-order chi connectivity index (χ0) is 19.2. The van der Waals surface area contributed by atoms with Gasteiger partial charge in [-0.25, -0.2) is 8.42 Å². The number of benzene rings is 2. The van der Waals surface area contributed by atoms with Crippen molar-refractivity contribution in [3.63, 3.8) is 0 Å². The molecule has 0 aliphatic rings. The van der Waals surface area contributed by atoms with Crippen LogP contribution in [0.5, 0.6) is 5.75 Å². The van der Waals surface area contributed by atoms with Gasteiger partial charge in [0.05, 0.1) is 31.0 Å². The zero-order valence-corrected chi connectivity index (χ0v) is 15.3. The van der Waals surface area contributed by atoms with Crippen molar-refractivity contribution in [2.45, 2.75) is 11.3 Å². The molecule has 8 heteroatoms. The first-order chi connectivity index (χ1) is 12.4. The van der Waals surface area contributed by atoms with Gasteiger partial charge in [-0.3, -0.25) is 4.79 Å². The largest absolute Gasteiger partial charge is 0.497 e. The molecule has 0 heterocycles. The number of likely N-dealkylation sites (N-methyl/N-ethyl adjacent to an activating group) is 1. The number of sulfonamides is 1. The second kappa shape index (κ2) is 8.47. The molecule has 0 spiro atoms. The predicted octanol–water partition coefficient (Wildman–Crippen LogP) is 2.02. The molecule has 136 valence electrons. The molecule has 0 unspecified atom stereocenters. The third kappa shape index (κ3) is 4.81.